The van der Waals surface area contributed by atoms with Crippen LogP contribution in [-0.2, 0) is 19.1 Å². The molecule has 0 unspecified atom stereocenters. The number of likely N-dealkylation sites (tertiary alicyclic amines) is 1. The number of rotatable bonds is 14. The van der Waals surface area contributed by atoms with Gasteiger partial charge in [-0.15, -0.1) is 13.2 Å². The Hall–Kier alpha value is -6.54. The van der Waals surface area contributed by atoms with Gasteiger partial charge in [-0.2, -0.15) is 0 Å². The van der Waals surface area contributed by atoms with Crippen LogP contribution in [0.2, 0.25) is 0 Å². The van der Waals surface area contributed by atoms with Crippen LogP contribution in [-0.4, -0.2) is 108 Å². The Morgan fingerprint density at radius 2 is 1.80 bits per heavy atom. The zero-order valence-electron chi connectivity index (χ0n) is 36.1. The predicted molar refractivity (Wildman–Crippen MR) is 231 cm³/mol. The summed E-state index contributed by atoms with van der Waals surface area (Å²) < 4.78 is 71.9. The van der Waals surface area contributed by atoms with Crippen molar-refractivity contribution in [2.45, 2.75) is 58.5 Å². The number of hydrogen-bond donors (Lipinski definition) is 6. The van der Waals surface area contributed by atoms with Gasteiger partial charge in [-0.3, -0.25) is 14.4 Å². The van der Waals surface area contributed by atoms with Gasteiger partial charge in [0.25, 0.3) is 5.91 Å². The second kappa shape index (κ2) is 19.3. The molecular weight excluding hydrogens is 857 g/mol. The van der Waals surface area contributed by atoms with E-state index in [2.05, 4.69) is 36.0 Å². The standard InChI is InChI=1S/C45H50F4N8O8/c1-24-17-34(57(22-24)41(60)37(56-43(62)63-4)25-11-15-64-16-12-25)39-53-32-9-6-26-18-27(5-8-29(26)38(32)55-39)30-19-31(46)33(20-35(30)65-45(47,48)49)54-40(59)28-7-10-36(52-21-28)50-13-14-51-42(61)44(2,3)23-58/h5-10,18-21,24-25,34,37,58H,11-17,22-23H2,1-4H3,(H,50,52)(H,51,61)(H,53,55)(H,54,59)(H,56,62)/t24-,34-,37-/m0/s1. The first kappa shape index (κ1) is 46.5. The van der Waals surface area contributed by atoms with Gasteiger partial charge in [0, 0.05) is 56.1 Å². The molecule has 5 aromatic rings. The van der Waals surface area contributed by atoms with Crippen LogP contribution in [0.5, 0.6) is 5.75 Å². The number of anilines is 2. The molecule has 6 N–H and O–H groups in total. The number of alkyl halides is 3. The minimum absolute atomic E-state index is 0.0193. The number of H-pyrrole nitrogens is 1. The summed E-state index contributed by atoms with van der Waals surface area (Å²) in [5.41, 5.74) is -0.380. The van der Waals surface area contributed by atoms with Crippen molar-refractivity contribution in [1.82, 2.24) is 30.5 Å². The number of imidazole rings is 1. The van der Waals surface area contributed by atoms with Crippen molar-refractivity contribution in [2.75, 3.05) is 57.2 Å². The number of alkyl carbamates (subject to hydrolysis) is 1. The number of amides is 4. The summed E-state index contributed by atoms with van der Waals surface area (Å²) >= 11 is 0. The summed E-state index contributed by atoms with van der Waals surface area (Å²) in [7, 11) is 1.24. The zero-order chi connectivity index (χ0) is 46.6. The Balaban J connectivity index is 1.10. The number of carbonyl (C=O) groups is 4. The number of halogens is 4. The highest BCUT2D eigenvalue weighted by Gasteiger charge is 2.42. The molecule has 4 amide bonds. The maximum absolute atomic E-state index is 15.7. The maximum atomic E-state index is 15.7. The van der Waals surface area contributed by atoms with E-state index in [4.69, 9.17) is 14.5 Å². The Kier molecular flexibility index (Phi) is 13.8. The van der Waals surface area contributed by atoms with Gasteiger partial charge in [0.2, 0.25) is 11.8 Å². The molecule has 0 spiro atoms. The number of ether oxygens (including phenoxy) is 3. The fraction of sp³-hybridized carbons (Fsp3) is 0.422. The van der Waals surface area contributed by atoms with E-state index in [0.717, 1.165) is 12.1 Å². The maximum Gasteiger partial charge on any atom is 0.573 e. The van der Waals surface area contributed by atoms with Gasteiger partial charge in [0.1, 0.15) is 29.3 Å². The quantitative estimate of drug-likeness (QED) is 0.0512. The van der Waals surface area contributed by atoms with E-state index in [0.29, 0.717) is 72.5 Å². The first-order valence-electron chi connectivity index (χ1n) is 21.1. The molecule has 2 fully saturated rings. The molecule has 20 heteroatoms. The minimum Gasteiger partial charge on any atom is -0.453 e. The number of aromatic nitrogens is 3. The molecule has 7 rings (SSSR count). The molecule has 2 aliphatic heterocycles. The van der Waals surface area contributed by atoms with E-state index in [9.17, 15) is 37.5 Å². The van der Waals surface area contributed by atoms with Gasteiger partial charge in [-0.25, -0.2) is 19.2 Å². The highest BCUT2D eigenvalue weighted by molar-refractivity contribution is 6.06. The predicted octanol–water partition coefficient (Wildman–Crippen LogP) is 6.68. The number of methoxy groups -OCH3 is 1. The van der Waals surface area contributed by atoms with E-state index in [-0.39, 0.29) is 60.0 Å². The van der Waals surface area contributed by atoms with E-state index >= 15 is 4.39 Å². The summed E-state index contributed by atoms with van der Waals surface area (Å²) in [6, 6.07) is 11.4. The molecule has 2 aliphatic rings. The molecule has 65 heavy (non-hydrogen) atoms. The van der Waals surface area contributed by atoms with E-state index in [1.807, 2.05) is 6.92 Å². The average Bonchev–Trinajstić information content (AvgIpc) is 3.91. The van der Waals surface area contributed by atoms with E-state index < -0.39 is 53.1 Å². The minimum atomic E-state index is -5.17. The number of aliphatic hydroxyl groups is 1. The fourth-order valence-electron chi connectivity index (χ4n) is 8.08. The van der Waals surface area contributed by atoms with Crippen LogP contribution < -0.4 is 26.0 Å². The van der Waals surface area contributed by atoms with Gasteiger partial charge in [0.05, 0.1) is 47.5 Å². The van der Waals surface area contributed by atoms with Gasteiger partial charge in [-0.1, -0.05) is 25.1 Å². The number of nitrogens with one attached hydrogen (secondary N) is 5. The van der Waals surface area contributed by atoms with Crippen LogP contribution in [0.4, 0.5) is 33.9 Å². The molecule has 16 nitrogen and oxygen atoms in total. The van der Waals surface area contributed by atoms with Gasteiger partial charge in [0.15, 0.2) is 0 Å². The van der Waals surface area contributed by atoms with Crippen molar-refractivity contribution in [1.29, 1.82) is 0 Å². The molecule has 3 aromatic carbocycles. The number of nitrogens with zero attached hydrogens (tertiary/aromatic N) is 3. The summed E-state index contributed by atoms with van der Waals surface area (Å²) in [5, 5.41) is 21.2. The number of carbonyl (C=O) groups excluding carboxylic acids is 4. The molecule has 0 bridgehead atoms. The van der Waals surface area contributed by atoms with Crippen LogP contribution in [0.3, 0.4) is 0 Å². The molecule has 0 aliphatic carbocycles. The van der Waals surface area contributed by atoms with Crippen molar-refractivity contribution in [3.05, 3.63) is 78.0 Å². The van der Waals surface area contributed by atoms with Gasteiger partial charge >= 0.3 is 12.5 Å². The third kappa shape index (κ3) is 10.7. The largest absolute Gasteiger partial charge is 0.573 e. The number of fused-ring (bicyclic) bond motifs is 3. The monoisotopic (exact) mass is 906 g/mol. The number of aliphatic hydroxyl groups excluding tert-OH is 1. The molecule has 2 saturated heterocycles. The van der Waals surface area contributed by atoms with Crippen molar-refractivity contribution in [3.8, 4) is 16.9 Å². The summed E-state index contributed by atoms with van der Waals surface area (Å²) in [6.45, 7) is 6.78. The summed E-state index contributed by atoms with van der Waals surface area (Å²) in [5.74, 6) is -2.37. The lowest BCUT2D eigenvalue weighted by Crippen LogP contribution is -2.53. The van der Waals surface area contributed by atoms with Crippen LogP contribution in [0.25, 0.3) is 32.9 Å². The lowest BCUT2D eigenvalue weighted by Gasteiger charge is -2.34. The lowest BCUT2D eigenvalue weighted by molar-refractivity contribution is -0.274. The first-order valence-corrected chi connectivity index (χ1v) is 21.1. The average molecular weight is 907 g/mol. The Morgan fingerprint density at radius 3 is 2.49 bits per heavy atom. The highest BCUT2D eigenvalue weighted by Crippen LogP contribution is 2.41. The third-order valence-electron chi connectivity index (χ3n) is 11.7. The van der Waals surface area contributed by atoms with Crippen molar-refractivity contribution in [2.24, 2.45) is 17.3 Å². The van der Waals surface area contributed by atoms with Crippen molar-refractivity contribution >= 4 is 57.1 Å². The zero-order valence-corrected chi connectivity index (χ0v) is 36.1. The Labute approximate surface area is 370 Å². The Bertz CT molecular complexity index is 2560. The lowest BCUT2D eigenvalue weighted by atomic mass is 9.90. The first-order chi connectivity index (χ1) is 30.9. The smallest absolute Gasteiger partial charge is 0.453 e. The summed E-state index contributed by atoms with van der Waals surface area (Å²) in [6.07, 6.45) is -2.89. The third-order valence-corrected chi connectivity index (χ3v) is 11.7. The Morgan fingerprint density at radius 1 is 1.03 bits per heavy atom. The highest BCUT2D eigenvalue weighted by atomic mass is 19.4. The van der Waals surface area contributed by atoms with Crippen LogP contribution >= 0.6 is 0 Å². The van der Waals surface area contributed by atoms with E-state index in [1.54, 1.807) is 43.0 Å². The molecule has 4 heterocycles. The number of benzene rings is 3. The second-order valence-corrected chi connectivity index (χ2v) is 16.9. The molecule has 3 atom stereocenters. The molecule has 2 aromatic heterocycles. The van der Waals surface area contributed by atoms with Crippen LogP contribution in [0.15, 0.2) is 60.8 Å². The van der Waals surface area contributed by atoms with Crippen LogP contribution in [0, 0.1) is 23.1 Å². The van der Waals surface area contributed by atoms with E-state index in [1.165, 1.54) is 31.5 Å². The SMILES string of the molecule is COC(=O)N[C@H](C(=O)N1C[C@@H](C)C[C@H]1c1nc2c(ccc3cc(-c4cc(F)c(NC(=O)c5ccc(NCCNC(=O)C(C)(C)CO)nc5)cc4OC(F)(F)F)ccc32)[nH]1)C1CCOCC1. The molecule has 346 valence electrons. The fourth-order valence-corrected chi connectivity index (χ4v) is 8.08. The van der Waals surface area contributed by atoms with Crippen molar-refractivity contribution in [3.63, 3.8) is 0 Å². The molecular formula is C45H50F4N8O8. The molecule has 0 radical (unpaired) electrons. The van der Waals surface area contributed by atoms with Crippen LogP contribution in [0.1, 0.15) is 62.3 Å². The van der Waals surface area contributed by atoms with Gasteiger partial charge < -0.3 is 50.5 Å². The van der Waals surface area contributed by atoms with Crippen molar-refractivity contribution < 1.29 is 56.1 Å². The number of pyridine rings is 1. The number of hydrogen-bond acceptors (Lipinski definition) is 11. The summed E-state index contributed by atoms with van der Waals surface area (Å²) in [4.78, 5) is 66.0. The molecule has 0 saturated carbocycles. The number of aromatic amines is 1. The second-order valence-electron chi connectivity index (χ2n) is 16.9. The topological polar surface area (TPSA) is 209 Å². The van der Waals surface area contributed by atoms with Gasteiger partial charge in [-0.05, 0) is 86.2 Å². The normalized spacial score (nSPS) is 17.5.